The summed E-state index contributed by atoms with van der Waals surface area (Å²) in [6, 6.07) is 3.48. The smallest absolute Gasteiger partial charge is 0.234 e. The van der Waals surface area contributed by atoms with Crippen molar-refractivity contribution in [1.29, 1.82) is 0 Å². The number of carbonyl (C=O) groups is 1. The highest BCUT2D eigenvalue weighted by Gasteiger charge is 2.12. The molecule has 2 rings (SSSR count). The number of methoxy groups -OCH3 is 1. The van der Waals surface area contributed by atoms with E-state index in [2.05, 4.69) is 20.8 Å². The standard InChI is InChI=1S/C14H17ClN4O2S2/c1-4-16-13-18-19-14(23-13)22-7-12(20)17-10-5-8(2)9(15)6-11(10)21-3/h5-6H,4,7H2,1-3H3,(H,16,18)(H,17,20). The van der Waals surface area contributed by atoms with Gasteiger partial charge in [-0.05, 0) is 25.5 Å². The minimum Gasteiger partial charge on any atom is -0.495 e. The molecule has 0 saturated carbocycles. The third-order valence-electron chi connectivity index (χ3n) is 2.82. The number of ether oxygens (including phenoxy) is 1. The Labute approximate surface area is 148 Å². The molecule has 1 heterocycles. The summed E-state index contributed by atoms with van der Waals surface area (Å²) in [5, 5.41) is 15.3. The average Bonchev–Trinajstić information content (AvgIpc) is 2.97. The number of nitrogens with one attached hydrogen (secondary N) is 2. The van der Waals surface area contributed by atoms with E-state index in [0.29, 0.717) is 16.5 Å². The molecule has 0 spiro atoms. The molecule has 0 aliphatic heterocycles. The Hall–Kier alpha value is -1.51. The summed E-state index contributed by atoms with van der Waals surface area (Å²) >= 11 is 8.82. The fraction of sp³-hybridized carbons (Fsp3) is 0.357. The first kappa shape index (κ1) is 17.8. The first-order valence-corrected chi connectivity index (χ1v) is 9.05. The highest BCUT2D eigenvalue weighted by Crippen LogP contribution is 2.31. The van der Waals surface area contributed by atoms with Crippen molar-refractivity contribution in [3.8, 4) is 5.75 Å². The van der Waals surface area contributed by atoms with E-state index in [1.54, 1.807) is 12.1 Å². The molecule has 2 N–H and O–H groups in total. The van der Waals surface area contributed by atoms with Crippen LogP contribution < -0.4 is 15.4 Å². The molecule has 0 radical (unpaired) electrons. The number of hydrogen-bond acceptors (Lipinski definition) is 7. The van der Waals surface area contributed by atoms with Gasteiger partial charge in [0.05, 0.1) is 18.6 Å². The zero-order valence-corrected chi connectivity index (χ0v) is 15.4. The molecule has 1 aromatic carbocycles. The van der Waals surface area contributed by atoms with Crippen molar-refractivity contribution in [3.05, 3.63) is 22.7 Å². The maximum atomic E-state index is 12.1. The highest BCUT2D eigenvalue weighted by molar-refractivity contribution is 8.01. The number of hydrogen-bond donors (Lipinski definition) is 2. The number of aryl methyl sites for hydroxylation is 1. The monoisotopic (exact) mass is 372 g/mol. The molecule has 124 valence electrons. The van der Waals surface area contributed by atoms with Gasteiger partial charge in [-0.1, -0.05) is 34.7 Å². The first-order chi connectivity index (χ1) is 11.0. The zero-order valence-electron chi connectivity index (χ0n) is 13.0. The Morgan fingerprint density at radius 3 is 2.91 bits per heavy atom. The van der Waals surface area contributed by atoms with Gasteiger partial charge >= 0.3 is 0 Å². The molecule has 2 aromatic rings. The van der Waals surface area contributed by atoms with Crippen LogP contribution in [0.2, 0.25) is 5.02 Å². The van der Waals surface area contributed by atoms with Crippen LogP contribution in [0.5, 0.6) is 5.75 Å². The lowest BCUT2D eigenvalue weighted by atomic mass is 10.2. The fourth-order valence-corrected chi connectivity index (χ4v) is 3.51. The summed E-state index contributed by atoms with van der Waals surface area (Å²) in [5.41, 5.74) is 1.47. The average molecular weight is 373 g/mol. The van der Waals surface area contributed by atoms with Crippen LogP contribution in [0.3, 0.4) is 0 Å². The van der Waals surface area contributed by atoms with Crippen molar-refractivity contribution in [2.24, 2.45) is 0 Å². The minimum absolute atomic E-state index is 0.143. The lowest BCUT2D eigenvalue weighted by molar-refractivity contribution is -0.113. The topological polar surface area (TPSA) is 76.1 Å². The van der Waals surface area contributed by atoms with Crippen LogP contribution in [-0.2, 0) is 4.79 Å². The van der Waals surface area contributed by atoms with Gasteiger partial charge in [-0.15, -0.1) is 10.2 Å². The van der Waals surface area contributed by atoms with Gasteiger partial charge < -0.3 is 15.4 Å². The van der Waals surface area contributed by atoms with Gasteiger partial charge in [0.2, 0.25) is 11.0 Å². The predicted molar refractivity (Wildman–Crippen MR) is 96.2 cm³/mol. The number of aromatic nitrogens is 2. The summed E-state index contributed by atoms with van der Waals surface area (Å²) in [5.74, 6) is 0.630. The first-order valence-electron chi connectivity index (χ1n) is 6.87. The van der Waals surface area contributed by atoms with E-state index in [1.165, 1.54) is 30.2 Å². The van der Waals surface area contributed by atoms with Crippen molar-refractivity contribution < 1.29 is 9.53 Å². The van der Waals surface area contributed by atoms with Crippen molar-refractivity contribution in [3.63, 3.8) is 0 Å². The maximum Gasteiger partial charge on any atom is 0.234 e. The molecular weight excluding hydrogens is 356 g/mol. The second-order valence-electron chi connectivity index (χ2n) is 4.54. The number of carbonyl (C=O) groups excluding carboxylic acids is 1. The summed E-state index contributed by atoms with van der Waals surface area (Å²) in [7, 11) is 1.54. The largest absolute Gasteiger partial charge is 0.495 e. The molecule has 0 unspecified atom stereocenters. The van der Waals surface area contributed by atoms with Gasteiger partial charge in [0, 0.05) is 17.6 Å². The number of anilines is 2. The van der Waals surface area contributed by atoms with Crippen LogP contribution >= 0.6 is 34.7 Å². The summed E-state index contributed by atoms with van der Waals surface area (Å²) < 4.78 is 5.99. The van der Waals surface area contributed by atoms with E-state index in [9.17, 15) is 4.79 Å². The molecule has 0 atom stereocenters. The quantitative estimate of drug-likeness (QED) is 0.722. The van der Waals surface area contributed by atoms with E-state index in [1.807, 2.05) is 13.8 Å². The number of nitrogens with zero attached hydrogens (tertiary/aromatic N) is 2. The number of halogens is 1. The van der Waals surface area contributed by atoms with Crippen molar-refractivity contribution in [2.45, 2.75) is 18.2 Å². The van der Waals surface area contributed by atoms with Crippen molar-refractivity contribution in [2.75, 3.05) is 30.0 Å². The third-order valence-corrected chi connectivity index (χ3v) is 5.24. The second-order valence-corrected chi connectivity index (χ2v) is 7.15. The molecular formula is C14H17ClN4O2S2. The Morgan fingerprint density at radius 2 is 2.22 bits per heavy atom. The van der Waals surface area contributed by atoms with Crippen LogP contribution in [-0.4, -0.2) is 35.5 Å². The molecule has 0 bridgehead atoms. The van der Waals surface area contributed by atoms with Gasteiger partial charge in [0.15, 0.2) is 4.34 Å². The van der Waals surface area contributed by atoms with E-state index in [0.717, 1.165) is 21.6 Å². The number of rotatable bonds is 7. The molecule has 1 aromatic heterocycles. The number of thioether (sulfide) groups is 1. The predicted octanol–water partition coefficient (Wildman–Crippen LogP) is 3.67. The van der Waals surface area contributed by atoms with E-state index >= 15 is 0 Å². The normalized spacial score (nSPS) is 10.4. The molecule has 23 heavy (non-hydrogen) atoms. The summed E-state index contributed by atoms with van der Waals surface area (Å²) in [6.07, 6.45) is 0. The summed E-state index contributed by atoms with van der Waals surface area (Å²) in [6.45, 7) is 4.65. The molecule has 0 aliphatic rings. The Bertz CT molecular complexity index is 693. The van der Waals surface area contributed by atoms with Gasteiger partial charge in [0.1, 0.15) is 5.75 Å². The van der Waals surface area contributed by atoms with Crippen LogP contribution in [0.15, 0.2) is 16.5 Å². The molecule has 0 aliphatic carbocycles. The fourth-order valence-electron chi connectivity index (χ4n) is 1.73. The van der Waals surface area contributed by atoms with Crippen LogP contribution in [0.1, 0.15) is 12.5 Å². The zero-order chi connectivity index (χ0) is 16.8. The Kier molecular flexibility index (Phi) is 6.49. The van der Waals surface area contributed by atoms with Gasteiger partial charge in [-0.25, -0.2) is 0 Å². The highest BCUT2D eigenvalue weighted by atomic mass is 35.5. The van der Waals surface area contributed by atoms with E-state index < -0.39 is 0 Å². The van der Waals surface area contributed by atoms with Gasteiger partial charge in [-0.3, -0.25) is 4.79 Å². The SMILES string of the molecule is CCNc1nnc(SCC(=O)Nc2cc(C)c(Cl)cc2OC)s1. The van der Waals surface area contributed by atoms with E-state index in [-0.39, 0.29) is 11.7 Å². The molecule has 0 saturated heterocycles. The molecule has 1 amide bonds. The molecule has 0 fully saturated rings. The lowest BCUT2D eigenvalue weighted by Gasteiger charge is -2.11. The third kappa shape index (κ3) is 4.98. The van der Waals surface area contributed by atoms with Crippen LogP contribution in [0, 0.1) is 6.92 Å². The van der Waals surface area contributed by atoms with E-state index in [4.69, 9.17) is 16.3 Å². The van der Waals surface area contributed by atoms with Crippen molar-refractivity contribution in [1.82, 2.24) is 10.2 Å². The van der Waals surface area contributed by atoms with Gasteiger partial charge in [-0.2, -0.15) is 0 Å². The number of amides is 1. The van der Waals surface area contributed by atoms with Gasteiger partial charge in [0.25, 0.3) is 0 Å². The van der Waals surface area contributed by atoms with Crippen LogP contribution in [0.25, 0.3) is 0 Å². The molecule has 9 heteroatoms. The Balaban J connectivity index is 1.95. The van der Waals surface area contributed by atoms with Crippen molar-refractivity contribution >= 4 is 51.4 Å². The second kappa shape index (κ2) is 8.37. The van der Waals surface area contributed by atoms with Crippen LogP contribution in [0.4, 0.5) is 10.8 Å². The Morgan fingerprint density at radius 1 is 1.43 bits per heavy atom. The minimum atomic E-state index is -0.143. The maximum absolute atomic E-state index is 12.1. The molecule has 6 nitrogen and oxygen atoms in total. The summed E-state index contributed by atoms with van der Waals surface area (Å²) in [4.78, 5) is 12.1. The lowest BCUT2D eigenvalue weighted by Crippen LogP contribution is -2.14. The number of benzene rings is 1.